The molecule has 0 N–H and O–H groups in total. The Kier molecular flexibility index (Phi) is 7.09. The zero-order valence-electron chi connectivity index (χ0n) is 8.21. The van der Waals surface area contributed by atoms with Gasteiger partial charge in [-0.15, -0.1) is 0 Å². The first-order chi connectivity index (χ1) is 4.96. The Morgan fingerprint density at radius 1 is 1.33 bits per heavy atom. The molecule has 0 bridgehead atoms. The Morgan fingerprint density at radius 2 is 1.67 bits per heavy atom. The molecule has 0 atom stereocenters. The van der Waals surface area contributed by atoms with Crippen LogP contribution in [0.4, 0.5) is 0 Å². The molecule has 0 unspecified atom stereocenters. The fourth-order valence-electron chi connectivity index (χ4n) is 0.782. The normalized spacial score (nSPS) is 11.1. The second-order valence-electron chi connectivity index (χ2n) is 2.81. The molecule has 0 saturated heterocycles. The van der Waals surface area contributed by atoms with Crippen molar-refractivity contribution >= 4 is 15.3 Å². The van der Waals surface area contributed by atoms with Crippen LogP contribution >= 0.6 is 0 Å². The molecule has 6 heteroatoms. The van der Waals surface area contributed by atoms with Crippen molar-refractivity contribution in [2.45, 2.75) is 18.9 Å². The zero-order valence-corrected chi connectivity index (χ0v) is 9.37. The van der Waals surface area contributed by atoms with E-state index >= 15 is 0 Å². The van der Waals surface area contributed by atoms with Crippen molar-refractivity contribution in [3.63, 3.8) is 0 Å². The zero-order chi connectivity index (χ0) is 9.07. The van der Waals surface area contributed by atoms with Gasteiger partial charge in [0, 0.05) is 25.2 Å². The van der Waals surface area contributed by atoms with Gasteiger partial charge in [-0.1, -0.05) is 13.8 Å². The quantitative estimate of drug-likeness (QED) is 0.418. The van der Waals surface area contributed by atoms with Gasteiger partial charge in [-0.25, -0.2) is 0 Å². The molecule has 0 aliphatic heterocycles. The monoisotopic (exact) mass is 184 g/mol. The molecule has 12 heavy (non-hydrogen) atoms. The fraction of sp³-hybridized carbons (Fsp3) is 0.833. The largest absolute Gasteiger partial charge is 1.00 e. The standard InChI is InChI=1S/C6H14O4Si.Li/c1-6(2,5(7)8)11(9-3)10-4;/h11H,1-4H3,(H,7,8);/q;+1/p-1. The fourth-order valence-corrected chi connectivity index (χ4v) is 2.35. The minimum Gasteiger partial charge on any atom is -0.550 e. The first-order valence-electron chi connectivity index (χ1n) is 3.23. The molecule has 0 aromatic carbocycles. The molecule has 0 amide bonds. The van der Waals surface area contributed by atoms with E-state index in [0.717, 1.165) is 0 Å². The van der Waals surface area contributed by atoms with E-state index in [2.05, 4.69) is 0 Å². The summed E-state index contributed by atoms with van der Waals surface area (Å²) in [6, 6.07) is 0. The minimum absolute atomic E-state index is 0. The number of hydrogen-bond donors (Lipinski definition) is 0. The number of carbonyl (C=O) groups excluding carboxylic acids is 1. The number of carboxylic acids is 1. The summed E-state index contributed by atoms with van der Waals surface area (Å²) in [5.74, 6) is -1.13. The molecule has 0 aliphatic rings. The van der Waals surface area contributed by atoms with E-state index < -0.39 is 20.3 Å². The van der Waals surface area contributed by atoms with Gasteiger partial charge in [0.05, 0.1) is 0 Å². The summed E-state index contributed by atoms with van der Waals surface area (Å²) in [7, 11) is 0.778. The first kappa shape index (κ1) is 14.7. The van der Waals surface area contributed by atoms with Crippen molar-refractivity contribution in [3.8, 4) is 0 Å². The molecule has 0 heterocycles. The number of rotatable bonds is 4. The summed E-state index contributed by atoms with van der Waals surface area (Å²) < 4.78 is 9.84. The third-order valence-corrected chi connectivity index (χ3v) is 3.81. The molecule has 0 aromatic rings. The van der Waals surface area contributed by atoms with Gasteiger partial charge in [-0.3, -0.25) is 0 Å². The van der Waals surface area contributed by atoms with Crippen LogP contribution in [-0.4, -0.2) is 29.5 Å². The van der Waals surface area contributed by atoms with Crippen LogP contribution < -0.4 is 24.0 Å². The second-order valence-corrected chi connectivity index (χ2v) is 5.86. The Morgan fingerprint density at radius 3 is 1.75 bits per heavy atom. The van der Waals surface area contributed by atoms with Crippen molar-refractivity contribution in [1.82, 2.24) is 0 Å². The van der Waals surface area contributed by atoms with E-state index in [1.54, 1.807) is 13.8 Å². The average molecular weight is 184 g/mol. The van der Waals surface area contributed by atoms with E-state index in [1.165, 1.54) is 14.2 Å². The third-order valence-electron chi connectivity index (χ3n) is 1.54. The van der Waals surface area contributed by atoms with Crippen LogP contribution in [0.25, 0.3) is 0 Å². The third kappa shape index (κ3) is 3.29. The molecule has 0 fully saturated rings. The summed E-state index contributed by atoms with van der Waals surface area (Å²) in [4.78, 5) is 10.5. The molecule has 4 nitrogen and oxygen atoms in total. The molecule has 0 aromatic heterocycles. The van der Waals surface area contributed by atoms with Crippen molar-refractivity contribution in [2.75, 3.05) is 14.2 Å². The van der Waals surface area contributed by atoms with Gasteiger partial charge in [-0.2, -0.15) is 0 Å². The van der Waals surface area contributed by atoms with E-state index in [-0.39, 0.29) is 18.9 Å². The van der Waals surface area contributed by atoms with Crippen molar-refractivity contribution in [2.24, 2.45) is 0 Å². The van der Waals surface area contributed by atoms with Crippen LogP contribution in [0.2, 0.25) is 5.04 Å². The van der Waals surface area contributed by atoms with Crippen molar-refractivity contribution < 1.29 is 37.6 Å². The van der Waals surface area contributed by atoms with E-state index in [1.807, 2.05) is 0 Å². The van der Waals surface area contributed by atoms with Crippen LogP contribution in [0, 0.1) is 0 Å². The predicted molar refractivity (Wildman–Crippen MR) is 40.2 cm³/mol. The van der Waals surface area contributed by atoms with E-state index in [4.69, 9.17) is 8.85 Å². The van der Waals surface area contributed by atoms with Crippen LogP contribution in [0.15, 0.2) is 0 Å². The Balaban J connectivity index is 0. The number of carbonyl (C=O) groups is 1. The molecule has 0 saturated carbocycles. The van der Waals surface area contributed by atoms with Crippen LogP contribution in [-0.2, 0) is 13.6 Å². The minimum atomic E-state index is -2.12. The van der Waals surface area contributed by atoms with Gasteiger partial charge in [0.25, 0.3) is 0 Å². The Hall–Kier alpha value is 0.204. The maximum atomic E-state index is 10.5. The van der Waals surface area contributed by atoms with Crippen molar-refractivity contribution in [3.05, 3.63) is 0 Å². The van der Waals surface area contributed by atoms with Gasteiger partial charge in [0.2, 0.25) is 0 Å². The molecule has 0 spiro atoms. The number of aliphatic carboxylic acids is 1. The van der Waals surface area contributed by atoms with Crippen LogP contribution in [0.5, 0.6) is 0 Å². The summed E-state index contributed by atoms with van der Waals surface area (Å²) in [5.41, 5.74) is 0. The van der Waals surface area contributed by atoms with Crippen molar-refractivity contribution in [1.29, 1.82) is 0 Å². The van der Waals surface area contributed by atoms with Crippen LogP contribution in [0.3, 0.4) is 0 Å². The number of hydrogen-bond acceptors (Lipinski definition) is 4. The molecule has 0 rings (SSSR count). The summed E-state index contributed by atoms with van der Waals surface area (Å²) in [6.45, 7) is 3.10. The first-order valence-corrected chi connectivity index (χ1v) is 4.75. The topological polar surface area (TPSA) is 58.6 Å². The van der Waals surface area contributed by atoms with Gasteiger partial charge >= 0.3 is 28.1 Å². The Labute approximate surface area is 86.3 Å². The summed E-state index contributed by atoms with van der Waals surface area (Å²) in [5, 5.41) is 9.56. The van der Waals surface area contributed by atoms with Gasteiger partial charge in [0.15, 0.2) is 0 Å². The van der Waals surface area contributed by atoms with Gasteiger partial charge < -0.3 is 18.8 Å². The second kappa shape index (κ2) is 5.78. The van der Waals surface area contributed by atoms with E-state index in [9.17, 15) is 9.90 Å². The predicted octanol–water partition coefficient (Wildman–Crippen LogP) is -3.97. The molecular formula is C6H13LiO4Si. The summed E-state index contributed by atoms with van der Waals surface area (Å²) in [6.07, 6.45) is 0. The van der Waals surface area contributed by atoms with Gasteiger partial charge in [-0.05, 0) is 0 Å². The Bertz CT molecular complexity index is 146. The average Bonchev–Trinajstić information content (AvgIpc) is 1.89. The van der Waals surface area contributed by atoms with Gasteiger partial charge in [0.1, 0.15) is 0 Å². The van der Waals surface area contributed by atoms with Crippen LogP contribution in [0.1, 0.15) is 13.8 Å². The summed E-state index contributed by atoms with van der Waals surface area (Å²) >= 11 is 0. The molecule has 66 valence electrons. The SMILES string of the molecule is CO[SiH](OC)C(C)(C)C(=O)[O-].[Li+]. The number of carboxylic acid groups (broad SMARTS) is 1. The van der Waals surface area contributed by atoms with E-state index in [0.29, 0.717) is 0 Å². The molecule has 0 radical (unpaired) electrons. The maximum absolute atomic E-state index is 10.5. The molecule has 0 aliphatic carbocycles. The smallest absolute Gasteiger partial charge is 0.550 e. The molecular weight excluding hydrogens is 171 g/mol. The maximum Gasteiger partial charge on any atom is 1.00 e.